The summed E-state index contributed by atoms with van der Waals surface area (Å²) in [6, 6.07) is 12.7. The van der Waals surface area contributed by atoms with Crippen molar-refractivity contribution in [2.75, 3.05) is 12.4 Å². The van der Waals surface area contributed by atoms with Crippen molar-refractivity contribution in [1.82, 2.24) is 0 Å². The van der Waals surface area contributed by atoms with E-state index in [0.717, 1.165) is 0 Å². The molecule has 0 bridgehead atoms. The number of nitrogens with one attached hydrogen (secondary N) is 1. The molecule has 0 atom stereocenters. The predicted molar refractivity (Wildman–Crippen MR) is 74.3 cm³/mol. The number of ether oxygens (including phenoxy) is 1. The summed E-state index contributed by atoms with van der Waals surface area (Å²) in [5, 5.41) is 11.5. The molecule has 0 fully saturated rings. The van der Waals surface area contributed by atoms with Crippen LogP contribution in [0.4, 0.5) is 5.69 Å². The number of hydrogen-bond acceptors (Lipinski definition) is 3. The second kappa shape index (κ2) is 5.88. The van der Waals surface area contributed by atoms with Gasteiger partial charge in [-0.2, -0.15) is 0 Å². The molecule has 5 nitrogen and oxygen atoms in total. The molecule has 1 amide bonds. The lowest BCUT2D eigenvalue weighted by atomic mass is 10.2. The first-order chi connectivity index (χ1) is 9.60. The molecule has 0 aromatic heterocycles. The Labute approximate surface area is 115 Å². The van der Waals surface area contributed by atoms with E-state index in [2.05, 4.69) is 5.32 Å². The maximum atomic E-state index is 12.0. The van der Waals surface area contributed by atoms with E-state index < -0.39 is 5.97 Å². The Morgan fingerprint density at radius 1 is 0.950 bits per heavy atom. The number of carboxylic acid groups (broad SMARTS) is 1. The van der Waals surface area contributed by atoms with Gasteiger partial charge in [0.2, 0.25) is 0 Å². The van der Waals surface area contributed by atoms with E-state index >= 15 is 0 Å². The molecule has 0 saturated heterocycles. The summed E-state index contributed by atoms with van der Waals surface area (Å²) in [6.07, 6.45) is 0. The number of anilines is 1. The Kier molecular flexibility index (Phi) is 4.00. The van der Waals surface area contributed by atoms with Crippen LogP contribution in [0.5, 0.6) is 5.75 Å². The minimum atomic E-state index is -1.00. The Morgan fingerprint density at radius 3 is 2.00 bits per heavy atom. The molecule has 2 aromatic rings. The molecule has 0 aliphatic rings. The van der Waals surface area contributed by atoms with Gasteiger partial charge in [-0.25, -0.2) is 4.79 Å². The Bertz CT molecular complexity index is 617. The molecule has 0 unspecified atom stereocenters. The van der Waals surface area contributed by atoms with E-state index in [1.807, 2.05) is 0 Å². The highest BCUT2D eigenvalue weighted by Crippen LogP contribution is 2.14. The first-order valence-corrected chi connectivity index (χ1v) is 5.89. The molecule has 0 saturated carbocycles. The largest absolute Gasteiger partial charge is 0.497 e. The smallest absolute Gasteiger partial charge is 0.335 e. The van der Waals surface area contributed by atoms with Gasteiger partial charge in [0, 0.05) is 11.3 Å². The van der Waals surface area contributed by atoms with Gasteiger partial charge in [0.1, 0.15) is 5.75 Å². The molecule has 0 radical (unpaired) electrons. The van der Waals surface area contributed by atoms with E-state index in [1.54, 1.807) is 43.5 Å². The Morgan fingerprint density at radius 2 is 1.50 bits per heavy atom. The summed E-state index contributed by atoms with van der Waals surface area (Å²) in [4.78, 5) is 22.7. The zero-order chi connectivity index (χ0) is 14.5. The zero-order valence-electron chi connectivity index (χ0n) is 10.8. The van der Waals surface area contributed by atoms with Gasteiger partial charge in [0.15, 0.2) is 0 Å². The van der Waals surface area contributed by atoms with E-state index in [1.165, 1.54) is 12.1 Å². The van der Waals surface area contributed by atoms with Gasteiger partial charge < -0.3 is 15.2 Å². The SMILES string of the molecule is COc1ccc(C(=O)Nc2ccc(C(=O)O)cc2)cc1. The quantitative estimate of drug-likeness (QED) is 0.896. The highest BCUT2D eigenvalue weighted by molar-refractivity contribution is 6.04. The maximum absolute atomic E-state index is 12.0. The summed E-state index contributed by atoms with van der Waals surface area (Å²) in [5.41, 5.74) is 1.20. The molecule has 0 heterocycles. The average molecular weight is 271 g/mol. The average Bonchev–Trinajstić information content (AvgIpc) is 2.48. The molecule has 2 aromatic carbocycles. The van der Waals surface area contributed by atoms with Crippen LogP contribution >= 0.6 is 0 Å². The lowest BCUT2D eigenvalue weighted by molar-refractivity contribution is 0.0696. The minimum absolute atomic E-state index is 0.174. The van der Waals surface area contributed by atoms with E-state index in [9.17, 15) is 9.59 Å². The van der Waals surface area contributed by atoms with Crippen LogP contribution in [-0.2, 0) is 0 Å². The third-order valence-electron chi connectivity index (χ3n) is 2.74. The maximum Gasteiger partial charge on any atom is 0.335 e. The van der Waals surface area contributed by atoms with Crippen molar-refractivity contribution in [2.24, 2.45) is 0 Å². The van der Waals surface area contributed by atoms with Crippen LogP contribution in [0.1, 0.15) is 20.7 Å². The third-order valence-corrected chi connectivity index (χ3v) is 2.74. The molecule has 5 heteroatoms. The van der Waals surface area contributed by atoms with E-state index in [-0.39, 0.29) is 11.5 Å². The Hall–Kier alpha value is -2.82. The molecule has 2 N–H and O–H groups in total. The van der Waals surface area contributed by atoms with Crippen molar-refractivity contribution < 1.29 is 19.4 Å². The number of carbonyl (C=O) groups is 2. The number of aromatic carboxylic acids is 1. The number of amides is 1. The predicted octanol–water partition coefficient (Wildman–Crippen LogP) is 2.65. The normalized spacial score (nSPS) is 9.85. The monoisotopic (exact) mass is 271 g/mol. The third kappa shape index (κ3) is 3.14. The fraction of sp³-hybridized carbons (Fsp3) is 0.0667. The van der Waals surface area contributed by atoms with Crippen molar-refractivity contribution >= 4 is 17.6 Å². The first kappa shape index (κ1) is 13.6. The highest BCUT2D eigenvalue weighted by Gasteiger charge is 2.07. The van der Waals surface area contributed by atoms with Crippen LogP contribution in [0.3, 0.4) is 0 Å². The summed E-state index contributed by atoms with van der Waals surface area (Å²) in [7, 11) is 1.55. The van der Waals surface area contributed by atoms with Crippen molar-refractivity contribution in [2.45, 2.75) is 0 Å². The first-order valence-electron chi connectivity index (χ1n) is 5.89. The van der Waals surface area contributed by atoms with Crippen LogP contribution in [0.2, 0.25) is 0 Å². The molecular weight excluding hydrogens is 258 g/mol. The van der Waals surface area contributed by atoms with Gasteiger partial charge >= 0.3 is 5.97 Å². The molecule has 20 heavy (non-hydrogen) atoms. The second-order valence-electron chi connectivity index (χ2n) is 4.07. The molecular formula is C15H13NO4. The number of carbonyl (C=O) groups excluding carboxylic acids is 1. The van der Waals surface area contributed by atoms with Crippen LogP contribution in [0.25, 0.3) is 0 Å². The van der Waals surface area contributed by atoms with Gasteiger partial charge in [0.25, 0.3) is 5.91 Å². The van der Waals surface area contributed by atoms with Gasteiger partial charge in [-0.3, -0.25) is 4.79 Å². The van der Waals surface area contributed by atoms with E-state index in [0.29, 0.717) is 17.0 Å². The lowest BCUT2D eigenvalue weighted by Gasteiger charge is -2.06. The zero-order valence-corrected chi connectivity index (χ0v) is 10.8. The van der Waals surface area contributed by atoms with Gasteiger partial charge in [-0.1, -0.05) is 0 Å². The number of hydrogen-bond donors (Lipinski definition) is 2. The van der Waals surface area contributed by atoms with Crippen molar-refractivity contribution in [1.29, 1.82) is 0 Å². The molecule has 0 spiro atoms. The Balaban J connectivity index is 2.08. The number of rotatable bonds is 4. The standard InChI is InChI=1S/C15H13NO4/c1-20-13-8-4-10(5-9-13)14(17)16-12-6-2-11(3-7-12)15(18)19/h2-9H,1H3,(H,16,17)(H,18,19). The molecule has 0 aliphatic heterocycles. The topological polar surface area (TPSA) is 75.6 Å². The molecule has 2 rings (SSSR count). The summed E-state index contributed by atoms with van der Waals surface area (Å²) >= 11 is 0. The van der Waals surface area contributed by atoms with Crippen LogP contribution in [0.15, 0.2) is 48.5 Å². The summed E-state index contributed by atoms with van der Waals surface area (Å²) in [6.45, 7) is 0. The summed E-state index contributed by atoms with van der Waals surface area (Å²) < 4.78 is 5.02. The number of methoxy groups -OCH3 is 1. The summed E-state index contributed by atoms with van der Waals surface area (Å²) in [5.74, 6) is -0.596. The number of benzene rings is 2. The van der Waals surface area contributed by atoms with Crippen molar-refractivity contribution in [3.63, 3.8) is 0 Å². The highest BCUT2D eigenvalue weighted by atomic mass is 16.5. The van der Waals surface area contributed by atoms with Crippen LogP contribution < -0.4 is 10.1 Å². The second-order valence-corrected chi connectivity index (χ2v) is 4.07. The van der Waals surface area contributed by atoms with E-state index in [4.69, 9.17) is 9.84 Å². The molecule has 0 aliphatic carbocycles. The fourth-order valence-corrected chi connectivity index (χ4v) is 1.64. The fourth-order valence-electron chi connectivity index (χ4n) is 1.64. The number of carboxylic acids is 1. The van der Waals surface area contributed by atoms with Crippen molar-refractivity contribution in [3.05, 3.63) is 59.7 Å². The van der Waals surface area contributed by atoms with Crippen molar-refractivity contribution in [3.8, 4) is 5.75 Å². The van der Waals surface area contributed by atoms with Gasteiger partial charge in [-0.05, 0) is 48.5 Å². The lowest BCUT2D eigenvalue weighted by Crippen LogP contribution is -2.11. The van der Waals surface area contributed by atoms with Gasteiger partial charge in [-0.15, -0.1) is 0 Å². The minimum Gasteiger partial charge on any atom is -0.497 e. The van der Waals surface area contributed by atoms with Gasteiger partial charge in [0.05, 0.1) is 12.7 Å². The van der Waals surface area contributed by atoms with Crippen LogP contribution in [0, 0.1) is 0 Å². The van der Waals surface area contributed by atoms with Crippen LogP contribution in [-0.4, -0.2) is 24.1 Å². The molecule has 102 valence electrons.